The molecule has 0 aliphatic rings. The standard InChI is InChI=1S/C14H10Cl2N2O3/c1-7-2-3-8(6-10(7)14(20)21)17-13(19)9-4-5-11(15)18-12(9)16/h2-6H,1H3,(H,17,19)(H,20,21). The van der Waals surface area contributed by atoms with E-state index in [0.29, 0.717) is 11.3 Å². The molecule has 0 aliphatic carbocycles. The van der Waals surface area contributed by atoms with Crippen LogP contribution in [0.3, 0.4) is 0 Å². The molecule has 1 heterocycles. The van der Waals surface area contributed by atoms with E-state index in [4.69, 9.17) is 28.3 Å². The molecule has 108 valence electrons. The minimum absolute atomic E-state index is 0.0226. The number of carboxylic acids is 1. The van der Waals surface area contributed by atoms with E-state index in [1.54, 1.807) is 19.1 Å². The number of rotatable bonds is 3. The summed E-state index contributed by atoms with van der Waals surface area (Å²) in [6.45, 7) is 1.68. The number of halogens is 2. The van der Waals surface area contributed by atoms with Gasteiger partial charge in [-0.2, -0.15) is 0 Å². The van der Waals surface area contributed by atoms with Gasteiger partial charge in [-0.25, -0.2) is 9.78 Å². The van der Waals surface area contributed by atoms with Gasteiger partial charge in [0, 0.05) is 5.69 Å². The van der Waals surface area contributed by atoms with E-state index in [-0.39, 0.29) is 21.4 Å². The maximum Gasteiger partial charge on any atom is 0.336 e. The molecular weight excluding hydrogens is 315 g/mol. The van der Waals surface area contributed by atoms with E-state index >= 15 is 0 Å². The van der Waals surface area contributed by atoms with Crippen molar-refractivity contribution in [1.29, 1.82) is 0 Å². The molecule has 1 aromatic heterocycles. The first kappa shape index (κ1) is 15.3. The predicted molar refractivity (Wildman–Crippen MR) is 80.3 cm³/mol. The number of hydrogen-bond acceptors (Lipinski definition) is 3. The summed E-state index contributed by atoms with van der Waals surface area (Å²) in [6.07, 6.45) is 0. The summed E-state index contributed by atoms with van der Waals surface area (Å²) in [7, 11) is 0. The third-order valence-corrected chi connectivity index (χ3v) is 3.28. The van der Waals surface area contributed by atoms with Crippen LogP contribution in [-0.4, -0.2) is 22.0 Å². The van der Waals surface area contributed by atoms with E-state index < -0.39 is 11.9 Å². The molecule has 1 aromatic carbocycles. The topological polar surface area (TPSA) is 79.3 Å². The summed E-state index contributed by atoms with van der Waals surface area (Å²) < 4.78 is 0. The molecule has 7 heteroatoms. The first-order valence-electron chi connectivity index (χ1n) is 5.86. The summed E-state index contributed by atoms with van der Waals surface area (Å²) in [4.78, 5) is 26.9. The van der Waals surface area contributed by atoms with Gasteiger partial charge in [-0.3, -0.25) is 4.79 Å². The highest BCUT2D eigenvalue weighted by atomic mass is 35.5. The Kier molecular flexibility index (Phi) is 4.45. The van der Waals surface area contributed by atoms with Crippen LogP contribution in [0.15, 0.2) is 30.3 Å². The van der Waals surface area contributed by atoms with Gasteiger partial charge in [-0.05, 0) is 36.8 Å². The summed E-state index contributed by atoms with van der Waals surface area (Å²) in [5.41, 5.74) is 1.23. The Morgan fingerprint density at radius 2 is 1.86 bits per heavy atom. The average Bonchev–Trinajstić information content (AvgIpc) is 2.40. The second-order valence-corrected chi connectivity index (χ2v) is 5.01. The van der Waals surface area contributed by atoms with Crippen molar-refractivity contribution < 1.29 is 14.7 Å². The molecule has 21 heavy (non-hydrogen) atoms. The number of nitrogens with one attached hydrogen (secondary N) is 1. The summed E-state index contributed by atoms with van der Waals surface area (Å²) in [5, 5.41) is 11.8. The summed E-state index contributed by atoms with van der Waals surface area (Å²) >= 11 is 11.5. The van der Waals surface area contributed by atoms with E-state index in [1.807, 2.05) is 0 Å². The zero-order chi connectivity index (χ0) is 15.6. The Morgan fingerprint density at radius 1 is 1.14 bits per heavy atom. The van der Waals surface area contributed by atoms with Gasteiger partial charge in [0.1, 0.15) is 10.3 Å². The second kappa shape index (κ2) is 6.11. The maximum atomic E-state index is 12.1. The van der Waals surface area contributed by atoms with Crippen molar-refractivity contribution in [1.82, 2.24) is 4.98 Å². The molecule has 2 N–H and O–H groups in total. The smallest absolute Gasteiger partial charge is 0.336 e. The van der Waals surface area contributed by atoms with Gasteiger partial charge in [0.05, 0.1) is 11.1 Å². The highest BCUT2D eigenvalue weighted by Gasteiger charge is 2.14. The van der Waals surface area contributed by atoms with Crippen LogP contribution in [-0.2, 0) is 0 Å². The molecule has 0 saturated heterocycles. The van der Waals surface area contributed by atoms with Crippen LogP contribution >= 0.6 is 23.2 Å². The fourth-order valence-electron chi connectivity index (χ4n) is 1.71. The van der Waals surface area contributed by atoms with Crippen molar-refractivity contribution in [2.24, 2.45) is 0 Å². The molecule has 2 aromatic rings. The van der Waals surface area contributed by atoms with Gasteiger partial charge in [-0.1, -0.05) is 29.3 Å². The molecule has 0 atom stereocenters. The molecule has 0 saturated carbocycles. The number of nitrogens with zero attached hydrogens (tertiary/aromatic N) is 1. The molecule has 0 aliphatic heterocycles. The van der Waals surface area contributed by atoms with Gasteiger partial charge < -0.3 is 10.4 Å². The lowest BCUT2D eigenvalue weighted by Gasteiger charge is -2.08. The van der Waals surface area contributed by atoms with E-state index in [0.717, 1.165) is 0 Å². The fraction of sp³-hybridized carbons (Fsp3) is 0.0714. The van der Waals surface area contributed by atoms with Gasteiger partial charge in [-0.15, -0.1) is 0 Å². The normalized spacial score (nSPS) is 10.2. The molecule has 0 unspecified atom stereocenters. The van der Waals surface area contributed by atoms with Crippen LogP contribution in [0.2, 0.25) is 10.3 Å². The molecular formula is C14H10Cl2N2O3. The Morgan fingerprint density at radius 3 is 2.48 bits per heavy atom. The number of carboxylic acid groups (broad SMARTS) is 1. The third-order valence-electron chi connectivity index (χ3n) is 2.79. The number of aryl methyl sites for hydroxylation is 1. The number of benzene rings is 1. The number of anilines is 1. The molecule has 2 rings (SSSR count). The van der Waals surface area contributed by atoms with Gasteiger partial charge in [0.25, 0.3) is 5.91 Å². The monoisotopic (exact) mass is 324 g/mol. The zero-order valence-corrected chi connectivity index (χ0v) is 12.4. The van der Waals surface area contributed by atoms with Crippen molar-refractivity contribution >= 4 is 40.8 Å². The Hall–Kier alpha value is -2.11. The number of amides is 1. The molecule has 1 amide bonds. The minimum Gasteiger partial charge on any atom is -0.478 e. The van der Waals surface area contributed by atoms with E-state index in [2.05, 4.69) is 10.3 Å². The number of carbonyl (C=O) groups excluding carboxylic acids is 1. The van der Waals surface area contributed by atoms with Crippen molar-refractivity contribution in [3.05, 3.63) is 57.3 Å². The van der Waals surface area contributed by atoms with Crippen LogP contribution in [0, 0.1) is 6.92 Å². The van der Waals surface area contributed by atoms with Gasteiger partial charge in [0.15, 0.2) is 0 Å². The van der Waals surface area contributed by atoms with Crippen LogP contribution < -0.4 is 5.32 Å². The lowest BCUT2D eigenvalue weighted by Crippen LogP contribution is -2.13. The largest absolute Gasteiger partial charge is 0.478 e. The Balaban J connectivity index is 2.27. The van der Waals surface area contributed by atoms with E-state index in [1.165, 1.54) is 18.2 Å². The Labute approximate surface area is 130 Å². The molecule has 0 spiro atoms. The van der Waals surface area contributed by atoms with Crippen molar-refractivity contribution in [2.45, 2.75) is 6.92 Å². The van der Waals surface area contributed by atoms with Crippen LogP contribution in [0.25, 0.3) is 0 Å². The van der Waals surface area contributed by atoms with Crippen molar-refractivity contribution in [3.8, 4) is 0 Å². The molecule has 0 radical (unpaired) electrons. The van der Waals surface area contributed by atoms with Gasteiger partial charge in [0.2, 0.25) is 0 Å². The molecule has 0 fully saturated rings. The van der Waals surface area contributed by atoms with Gasteiger partial charge >= 0.3 is 5.97 Å². The zero-order valence-electron chi connectivity index (χ0n) is 10.9. The Bertz CT molecular complexity index is 732. The predicted octanol–water partition coefficient (Wildman–Crippen LogP) is 3.65. The summed E-state index contributed by atoms with van der Waals surface area (Å²) in [6, 6.07) is 7.49. The second-order valence-electron chi connectivity index (χ2n) is 4.26. The van der Waals surface area contributed by atoms with E-state index in [9.17, 15) is 9.59 Å². The molecule has 0 bridgehead atoms. The quantitative estimate of drug-likeness (QED) is 0.844. The number of hydrogen-bond donors (Lipinski definition) is 2. The van der Waals surface area contributed by atoms with Crippen LogP contribution in [0.5, 0.6) is 0 Å². The highest BCUT2D eigenvalue weighted by Crippen LogP contribution is 2.20. The first-order chi connectivity index (χ1) is 9.88. The SMILES string of the molecule is Cc1ccc(NC(=O)c2ccc(Cl)nc2Cl)cc1C(=O)O. The number of aromatic nitrogens is 1. The van der Waals surface area contributed by atoms with Crippen LogP contribution in [0.1, 0.15) is 26.3 Å². The maximum absolute atomic E-state index is 12.1. The lowest BCUT2D eigenvalue weighted by atomic mass is 10.1. The van der Waals surface area contributed by atoms with Crippen LogP contribution in [0.4, 0.5) is 5.69 Å². The fourth-order valence-corrected chi connectivity index (χ4v) is 2.14. The highest BCUT2D eigenvalue weighted by molar-refractivity contribution is 6.35. The summed E-state index contributed by atoms with van der Waals surface area (Å²) in [5.74, 6) is -1.56. The molecule has 5 nitrogen and oxygen atoms in total. The third kappa shape index (κ3) is 3.51. The number of carbonyl (C=O) groups is 2. The number of aromatic carboxylic acids is 1. The minimum atomic E-state index is -1.06. The van der Waals surface area contributed by atoms with Crippen molar-refractivity contribution in [3.63, 3.8) is 0 Å². The van der Waals surface area contributed by atoms with Crippen molar-refractivity contribution in [2.75, 3.05) is 5.32 Å². The number of pyridine rings is 1. The lowest BCUT2D eigenvalue weighted by molar-refractivity contribution is 0.0695. The first-order valence-corrected chi connectivity index (χ1v) is 6.61. The average molecular weight is 325 g/mol.